The average molecular weight is 484 g/mol. The van der Waals surface area contributed by atoms with E-state index in [1.54, 1.807) is 63.0 Å². The molecule has 5 rings (SSSR count). The zero-order valence-electron chi connectivity index (χ0n) is 19.9. The highest BCUT2D eigenvalue weighted by Gasteiger charge is 2.46. The average Bonchev–Trinajstić information content (AvgIpc) is 3.44. The van der Waals surface area contributed by atoms with E-state index in [1.807, 2.05) is 24.4 Å². The molecule has 8 heteroatoms. The zero-order valence-corrected chi connectivity index (χ0v) is 19.9. The van der Waals surface area contributed by atoms with Crippen molar-refractivity contribution in [2.24, 2.45) is 0 Å². The number of pyridine rings is 1. The molecule has 0 saturated carbocycles. The molecule has 8 nitrogen and oxygen atoms in total. The lowest BCUT2D eigenvalue weighted by Gasteiger charge is -2.25. The highest BCUT2D eigenvalue weighted by molar-refractivity contribution is 6.46. The minimum atomic E-state index is -0.763. The van der Waals surface area contributed by atoms with E-state index in [4.69, 9.17) is 9.47 Å². The van der Waals surface area contributed by atoms with Crippen molar-refractivity contribution in [2.45, 2.75) is 12.5 Å². The largest absolute Gasteiger partial charge is 0.507 e. The topological polar surface area (TPSA) is 105 Å². The number of benzene rings is 2. The molecule has 3 heterocycles. The van der Waals surface area contributed by atoms with Gasteiger partial charge in [0.05, 0.1) is 25.8 Å². The van der Waals surface area contributed by atoms with E-state index in [2.05, 4.69) is 9.97 Å². The van der Waals surface area contributed by atoms with Gasteiger partial charge in [-0.3, -0.25) is 14.6 Å². The van der Waals surface area contributed by atoms with Crippen LogP contribution in [-0.2, 0) is 16.0 Å². The minimum Gasteiger partial charge on any atom is -0.507 e. The molecule has 1 aliphatic heterocycles. The molecule has 0 unspecified atom stereocenters. The molecular formula is C28H25N3O5. The highest BCUT2D eigenvalue weighted by Crippen LogP contribution is 2.39. The Morgan fingerprint density at radius 3 is 2.50 bits per heavy atom. The van der Waals surface area contributed by atoms with E-state index in [9.17, 15) is 14.7 Å². The lowest BCUT2D eigenvalue weighted by atomic mass is 9.96. The van der Waals surface area contributed by atoms with Crippen LogP contribution in [0.25, 0.3) is 16.7 Å². The van der Waals surface area contributed by atoms with E-state index in [1.165, 1.54) is 4.90 Å². The molecule has 1 aliphatic rings. The Morgan fingerprint density at radius 1 is 1.06 bits per heavy atom. The number of H-pyrrole nitrogens is 1. The molecule has 1 saturated heterocycles. The number of rotatable bonds is 7. The SMILES string of the molecule is COc1ccc(C(O)=C2C(=O)C(=O)N(CCc3c[nH]c4ccc(OC)cc34)[C@@H]2c2cccnc2)cc1. The van der Waals surface area contributed by atoms with Gasteiger partial charge in [-0.2, -0.15) is 0 Å². The van der Waals surface area contributed by atoms with Gasteiger partial charge < -0.3 is 24.5 Å². The van der Waals surface area contributed by atoms with Crippen molar-refractivity contribution in [1.29, 1.82) is 0 Å². The second-order valence-electron chi connectivity index (χ2n) is 8.48. The molecule has 0 radical (unpaired) electrons. The predicted octanol–water partition coefficient (Wildman–Crippen LogP) is 4.24. The Bertz CT molecular complexity index is 1460. The Morgan fingerprint density at radius 2 is 1.81 bits per heavy atom. The summed E-state index contributed by atoms with van der Waals surface area (Å²) in [6.45, 7) is 0.272. The van der Waals surface area contributed by atoms with Crippen LogP contribution in [0.15, 0.2) is 78.8 Å². The van der Waals surface area contributed by atoms with Gasteiger partial charge in [-0.25, -0.2) is 0 Å². The summed E-state index contributed by atoms with van der Waals surface area (Å²) in [5.41, 5.74) is 3.06. The van der Waals surface area contributed by atoms with Crippen molar-refractivity contribution in [3.8, 4) is 11.5 Å². The Kier molecular flexibility index (Phi) is 6.16. The number of aromatic nitrogens is 2. The monoisotopic (exact) mass is 483 g/mol. The fourth-order valence-corrected chi connectivity index (χ4v) is 4.63. The van der Waals surface area contributed by atoms with E-state index in [0.717, 1.165) is 22.2 Å². The van der Waals surface area contributed by atoms with Gasteiger partial charge in [-0.1, -0.05) is 6.07 Å². The van der Waals surface area contributed by atoms with Crippen LogP contribution in [-0.4, -0.2) is 52.4 Å². The predicted molar refractivity (Wildman–Crippen MR) is 135 cm³/mol. The number of Topliss-reactive ketones (excluding diaryl/α,β-unsaturated/α-hetero) is 1. The number of amides is 1. The van der Waals surface area contributed by atoms with Crippen molar-refractivity contribution in [3.63, 3.8) is 0 Å². The Labute approximate surface area is 207 Å². The molecule has 1 atom stereocenters. The Balaban J connectivity index is 1.53. The first-order chi connectivity index (χ1) is 17.5. The summed E-state index contributed by atoms with van der Waals surface area (Å²) in [6, 6.07) is 15.2. The fourth-order valence-electron chi connectivity index (χ4n) is 4.63. The van der Waals surface area contributed by atoms with Crippen molar-refractivity contribution in [3.05, 3.63) is 95.5 Å². The third kappa shape index (κ3) is 4.07. The molecule has 1 amide bonds. The number of nitrogens with zero attached hydrogens (tertiary/aromatic N) is 2. The summed E-state index contributed by atoms with van der Waals surface area (Å²) in [7, 11) is 3.16. The molecule has 182 valence electrons. The van der Waals surface area contributed by atoms with Crippen LogP contribution >= 0.6 is 0 Å². The molecule has 0 bridgehead atoms. The third-order valence-electron chi connectivity index (χ3n) is 6.50. The van der Waals surface area contributed by atoms with Crippen LogP contribution in [0.4, 0.5) is 0 Å². The van der Waals surface area contributed by atoms with Crippen LogP contribution in [0.5, 0.6) is 11.5 Å². The van der Waals surface area contributed by atoms with Gasteiger partial charge in [-0.15, -0.1) is 0 Å². The number of aliphatic hydroxyl groups excluding tert-OH is 1. The van der Waals surface area contributed by atoms with Crippen molar-refractivity contribution >= 4 is 28.4 Å². The number of likely N-dealkylation sites (tertiary alicyclic amines) is 1. The maximum atomic E-state index is 13.2. The van der Waals surface area contributed by atoms with Crippen LogP contribution in [0.1, 0.15) is 22.7 Å². The second kappa shape index (κ2) is 9.58. The summed E-state index contributed by atoms with van der Waals surface area (Å²) in [6.07, 6.45) is 5.64. The molecular weight excluding hydrogens is 458 g/mol. The van der Waals surface area contributed by atoms with Gasteiger partial charge in [0.1, 0.15) is 17.3 Å². The van der Waals surface area contributed by atoms with Crippen LogP contribution in [0, 0.1) is 0 Å². The number of nitrogens with one attached hydrogen (secondary N) is 1. The molecule has 2 aromatic heterocycles. The van der Waals surface area contributed by atoms with Gasteiger partial charge in [0.25, 0.3) is 11.7 Å². The van der Waals surface area contributed by atoms with Gasteiger partial charge in [0.15, 0.2) is 0 Å². The zero-order chi connectivity index (χ0) is 25.2. The first-order valence-corrected chi connectivity index (χ1v) is 11.5. The lowest BCUT2D eigenvalue weighted by Crippen LogP contribution is -2.31. The number of aliphatic hydroxyl groups is 1. The van der Waals surface area contributed by atoms with Crippen LogP contribution in [0.3, 0.4) is 0 Å². The number of hydrogen-bond donors (Lipinski definition) is 2. The number of ether oxygens (including phenoxy) is 2. The summed E-state index contributed by atoms with van der Waals surface area (Å²) >= 11 is 0. The summed E-state index contributed by atoms with van der Waals surface area (Å²) < 4.78 is 10.5. The van der Waals surface area contributed by atoms with Gasteiger partial charge in [0, 0.05) is 41.6 Å². The standard InChI is InChI=1S/C28H25N3O5/c1-35-20-7-5-17(6-8-20)26(32)24-25(19-4-3-12-29-15-19)31(28(34)27(24)33)13-11-18-16-30-23-10-9-21(36-2)14-22(18)23/h3-10,12,14-16,25,30,32H,11,13H2,1-2H3/t25-/m1/s1. The first-order valence-electron chi connectivity index (χ1n) is 11.5. The quantitative estimate of drug-likeness (QED) is 0.231. The number of ketones is 1. The molecule has 1 fully saturated rings. The number of hydrogen-bond acceptors (Lipinski definition) is 6. The van der Waals surface area contributed by atoms with Crippen molar-refractivity contribution in [1.82, 2.24) is 14.9 Å². The maximum absolute atomic E-state index is 13.2. The Hall–Kier alpha value is -4.59. The third-order valence-corrected chi connectivity index (χ3v) is 6.50. The number of carbonyl (C=O) groups is 2. The van der Waals surface area contributed by atoms with Gasteiger partial charge in [-0.05, 0) is 66.1 Å². The van der Waals surface area contributed by atoms with Crippen LogP contribution < -0.4 is 9.47 Å². The number of aromatic amines is 1. The molecule has 2 aromatic carbocycles. The minimum absolute atomic E-state index is 0.0405. The number of carbonyl (C=O) groups excluding carboxylic acids is 2. The maximum Gasteiger partial charge on any atom is 0.295 e. The smallest absolute Gasteiger partial charge is 0.295 e. The summed E-state index contributed by atoms with van der Waals surface area (Å²) in [4.78, 5) is 35.4. The number of fused-ring (bicyclic) bond motifs is 1. The normalized spacial score (nSPS) is 17.1. The van der Waals surface area contributed by atoms with E-state index < -0.39 is 17.7 Å². The highest BCUT2D eigenvalue weighted by atomic mass is 16.5. The molecule has 36 heavy (non-hydrogen) atoms. The van der Waals surface area contributed by atoms with Crippen molar-refractivity contribution in [2.75, 3.05) is 20.8 Å². The second-order valence-corrected chi connectivity index (χ2v) is 8.48. The van der Waals surface area contributed by atoms with E-state index in [0.29, 0.717) is 23.3 Å². The van der Waals surface area contributed by atoms with Gasteiger partial charge in [0.2, 0.25) is 0 Å². The fraction of sp³-hybridized carbons (Fsp3) is 0.179. The molecule has 4 aromatic rings. The van der Waals surface area contributed by atoms with Crippen LogP contribution in [0.2, 0.25) is 0 Å². The molecule has 2 N–H and O–H groups in total. The molecule has 0 spiro atoms. The molecule has 0 aliphatic carbocycles. The van der Waals surface area contributed by atoms with Crippen molar-refractivity contribution < 1.29 is 24.2 Å². The first kappa shape index (κ1) is 23.2. The van der Waals surface area contributed by atoms with Gasteiger partial charge >= 0.3 is 0 Å². The summed E-state index contributed by atoms with van der Waals surface area (Å²) in [5.74, 6) is -0.261. The number of methoxy groups -OCH3 is 2. The van der Waals surface area contributed by atoms with E-state index >= 15 is 0 Å². The van der Waals surface area contributed by atoms with E-state index in [-0.39, 0.29) is 17.9 Å². The summed E-state index contributed by atoms with van der Waals surface area (Å²) in [5, 5.41) is 12.2. The lowest BCUT2D eigenvalue weighted by molar-refractivity contribution is -0.139.